The summed E-state index contributed by atoms with van der Waals surface area (Å²) in [7, 11) is 1.54. The van der Waals surface area contributed by atoms with E-state index in [9.17, 15) is 9.59 Å². The molecule has 0 saturated heterocycles. The summed E-state index contributed by atoms with van der Waals surface area (Å²) >= 11 is 9.41. The summed E-state index contributed by atoms with van der Waals surface area (Å²) < 4.78 is 11.8. The van der Waals surface area contributed by atoms with Crippen LogP contribution in [0.15, 0.2) is 40.9 Å². The van der Waals surface area contributed by atoms with Crippen molar-refractivity contribution in [3.8, 4) is 11.5 Å². The minimum Gasteiger partial charge on any atom is -0.490 e. The number of hydrogen-bond donors (Lipinski definition) is 1. The molecule has 0 aromatic heterocycles. The Bertz CT molecular complexity index is 860. The van der Waals surface area contributed by atoms with E-state index in [1.54, 1.807) is 43.4 Å². The fourth-order valence-electron chi connectivity index (χ4n) is 2.48. The molecule has 28 heavy (non-hydrogen) atoms. The van der Waals surface area contributed by atoms with Crippen molar-refractivity contribution in [2.45, 2.75) is 13.8 Å². The first-order valence-corrected chi connectivity index (χ1v) is 9.92. The van der Waals surface area contributed by atoms with Crippen molar-refractivity contribution < 1.29 is 19.1 Å². The van der Waals surface area contributed by atoms with Crippen molar-refractivity contribution in [2.24, 2.45) is 0 Å². The number of nitrogens with zero attached hydrogens (tertiary/aromatic N) is 1. The number of nitrogens with one attached hydrogen (secondary N) is 1. The minimum absolute atomic E-state index is 0.126. The maximum atomic E-state index is 12.6. The second-order valence-corrected chi connectivity index (χ2v) is 7.18. The van der Waals surface area contributed by atoms with E-state index in [-0.39, 0.29) is 18.4 Å². The fourth-order valence-corrected chi connectivity index (χ4v) is 3.04. The average Bonchev–Trinajstić information content (AvgIpc) is 2.65. The summed E-state index contributed by atoms with van der Waals surface area (Å²) in [6, 6.07) is 10.1. The number of ether oxygens (including phenoxy) is 2. The molecule has 0 bridgehead atoms. The number of rotatable bonds is 8. The van der Waals surface area contributed by atoms with Gasteiger partial charge in [-0.15, -0.1) is 0 Å². The fraction of sp³-hybridized carbons (Fsp3) is 0.300. The highest BCUT2D eigenvalue weighted by molar-refractivity contribution is 9.10. The van der Waals surface area contributed by atoms with Crippen molar-refractivity contribution in [2.75, 3.05) is 32.1 Å². The molecule has 0 aliphatic rings. The molecule has 0 unspecified atom stereocenters. The van der Waals surface area contributed by atoms with Crippen molar-refractivity contribution in [3.05, 3.63) is 51.5 Å². The van der Waals surface area contributed by atoms with Gasteiger partial charge in [0, 0.05) is 23.3 Å². The Kier molecular flexibility index (Phi) is 8.14. The first-order valence-electron chi connectivity index (χ1n) is 8.75. The molecule has 6 nitrogen and oxygen atoms in total. The van der Waals surface area contributed by atoms with E-state index < -0.39 is 0 Å². The molecule has 2 aromatic rings. The van der Waals surface area contributed by atoms with Gasteiger partial charge in [-0.2, -0.15) is 0 Å². The van der Waals surface area contributed by atoms with E-state index in [0.717, 1.165) is 4.47 Å². The normalized spacial score (nSPS) is 10.3. The lowest BCUT2D eigenvalue weighted by molar-refractivity contribution is -0.116. The van der Waals surface area contributed by atoms with Crippen LogP contribution in [-0.4, -0.2) is 43.5 Å². The molecule has 1 N–H and O–H groups in total. The van der Waals surface area contributed by atoms with E-state index in [2.05, 4.69) is 21.2 Å². The third kappa shape index (κ3) is 5.87. The van der Waals surface area contributed by atoms with Gasteiger partial charge in [-0.1, -0.05) is 27.5 Å². The molecule has 150 valence electrons. The Hall–Kier alpha value is -2.25. The number of likely N-dealkylation sites (N-methyl/N-ethyl adjacent to an activating group) is 1. The highest BCUT2D eigenvalue weighted by Gasteiger charge is 2.18. The van der Waals surface area contributed by atoms with E-state index in [4.69, 9.17) is 21.1 Å². The first-order chi connectivity index (χ1) is 13.3. The summed E-state index contributed by atoms with van der Waals surface area (Å²) in [6.45, 7) is 4.61. The lowest BCUT2D eigenvalue weighted by atomic mass is 10.2. The van der Waals surface area contributed by atoms with Crippen molar-refractivity contribution in [1.29, 1.82) is 0 Å². The highest BCUT2D eigenvalue weighted by Crippen LogP contribution is 2.30. The van der Waals surface area contributed by atoms with Crippen LogP contribution in [0, 0.1) is 0 Å². The Morgan fingerprint density at radius 3 is 2.43 bits per heavy atom. The molecule has 0 aliphatic carbocycles. The predicted molar refractivity (Wildman–Crippen MR) is 114 cm³/mol. The predicted octanol–water partition coefficient (Wildman–Crippen LogP) is 4.61. The van der Waals surface area contributed by atoms with Crippen LogP contribution in [0.2, 0.25) is 5.02 Å². The quantitative estimate of drug-likeness (QED) is 0.613. The molecule has 0 radical (unpaired) electrons. The molecule has 0 saturated carbocycles. The van der Waals surface area contributed by atoms with Crippen LogP contribution < -0.4 is 14.8 Å². The van der Waals surface area contributed by atoms with Gasteiger partial charge < -0.3 is 19.7 Å². The second kappa shape index (κ2) is 10.3. The monoisotopic (exact) mass is 468 g/mol. The number of anilines is 1. The van der Waals surface area contributed by atoms with Gasteiger partial charge in [-0.3, -0.25) is 9.59 Å². The molecule has 2 amide bonds. The number of carbonyl (C=O) groups excluding carboxylic acids is 2. The van der Waals surface area contributed by atoms with Crippen LogP contribution >= 0.6 is 27.5 Å². The van der Waals surface area contributed by atoms with Gasteiger partial charge >= 0.3 is 0 Å². The van der Waals surface area contributed by atoms with Crippen LogP contribution in [0.1, 0.15) is 24.2 Å². The number of benzene rings is 2. The van der Waals surface area contributed by atoms with E-state index >= 15 is 0 Å². The third-order valence-electron chi connectivity index (χ3n) is 3.71. The van der Waals surface area contributed by atoms with Gasteiger partial charge in [0.2, 0.25) is 5.91 Å². The zero-order valence-corrected chi connectivity index (χ0v) is 18.3. The van der Waals surface area contributed by atoms with Crippen LogP contribution in [0.5, 0.6) is 11.5 Å². The van der Waals surface area contributed by atoms with Crippen LogP contribution in [0.3, 0.4) is 0 Å². The largest absolute Gasteiger partial charge is 0.490 e. The Morgan fingerprint density at radius 2 is 1.75 bits per heavy atom. The lowest BCUT2D eigenvalue weighted by Crippen LogP contribution is -2.35. The molecule has 8 heteroatoms. The third-order valence-corrected chi connectivity index (χ3v) is 4.54. The van der Waals surface area contributed by atoms with Gasteiger partial charge in [-0.05, 0) is 44.2 Å². The van der Waals surface area contributed by atoms with Gasteiger partial charge in [0.05, 0.1) is 30.3 Å². The summed E-state index contributed by atoms with van der Waals surface area (Å²) in [5, 5.41) is 3.09. The Labute approximate surface area is 177 Å². The molecule has 0 heterocycles. The molecule has 0 fully saturated rings. The van der Waals surface area contributed by atoms with Crippen LogP contribution in [0.4, 0.5) is 5.69 Å². The van der Waals surface area contributed by atoms with E-state index in [1.165, 1.54) is 4.90 Å². The molecule has 2 rings (SSSR count). The molecule has 2 aromatic carbocycles. The Balaban J connectivity index is 2.05. The number of halogens is 2. The highest BCUT2D eigenvalue weighted by atomic mass is 79.9. The van der Waals surface area contributed by atoms with Gasteiger partial charge in [-0.25, -0.2) is 0 Å². The standard InChI is InChI=1S/C20H22BrClN2O4/c1-4-27-17-9-7-14(11-18(17)28-5-2)23-19(25)12-24(3)20(26)15-10-13(21)6-8-16(15)22/h6-11H,4-5,12H2,1-3H3,(H,23,25). The molecular formula is C20H22BrClN2O4. The van der Waals surface area contributed by atoms with Gasteiger partial charge in [0.15, 0.2) is 11.5 Å². The lowest BCUT2D eigenvalue weighted by Gasteiger charge is -2.18. The van der Waals surface area contributed by atoms with Crippen molar-refractivity contribution in [3.63, 3.8) is 0 Å². The summed E-state index contributed by atoms with van der Waals surface area (Å²) in [4.78, 5) is 26.2. The van der Waals surface area contributed by atoms with Crippen molar-refractivity contribution in [1.82, 2.24) is 4.90 Å². The number of carbonyl (C=O) groups is 2. The molecular weight excluding hydrogens is 448 g/mol. The van der Waals surface area contributed by atoms with E-state index in [0.29, 0.717) is 41.0 Å². The maximum Gasteiger partial charge on any atom is 0.255 e. The number of hydrogen-bond acceptors (Lipinski definition) is 4. The summed E-state index contributed by atoms with van der Waals surface area (Å²) in [6.07, 6.45) is 0. The zero-order valence-electron chi connectivity index (χ0n) is 15.9. The first kappa shape index (κ1) is 22.0. The summed E-state index contributed by atoms with van der Waals surface area (Å²) in [5.74, 6) is 0.475. The summed E-state index contributed by atoms with van der Waals surface area (Å²) in [5.41, 5.74) is 0.879. The number of amides is 2. The molecule has 0 aliphatic heterocycles. The maximum absolute atomic E-state index is 12.6. The van der Waals surface area contributed by atoms with Crippen LogP contribution in [0.25, 0.3) is 0 Å². The minimum atomic E-state index is -0.344. The Morgan fingerprint density at radius 1 is 1.07 bits per heavy atom. The SMILES string of the molecule is CCOc1ccc(NC(=O)CN(C)C(=O)c2cc(Br)ccc2Cl)cc1OCC. The zero-order chi connectivity index (χ0) is 20.7. The van der Waals surface area contributed by atoms with Crippen LogP contribution in [-0.2, 0) is 4.79 Å². The van der Waals surface area contributed by atoms with Crippen molar-refractivity contribution >= 4 is 45.0 Å². The molecule has 0 atom stereocenters. The van der Waals surface area contributed by atoms with Gasteiger partial charge in [0.25, 0.3) is 5.91 Å². The topological polar surface area (TPSA) is 67.9 Å². The second-order valence-electron chi connectivity index (χ2n) is 5.86. The smallest absolute Gasteiger partial charge is 0.255 e. The van der Waals surface area contributed by atoms with E-state index in [1.807, 2.05) is 13.8 Å². The van der Waals surface area contributed by atoms with Gasteiger partial charge in [0.1, 0.15) is 0 Å². The molecule has 0 spiro atoms. The average molecular weight is 470 g/mol.